The fraction of sp³-hybridized carbons (Fsp3) is 0.625. The summed E-state index contributed by atoms with van der Waals surface area (Å²) in [7, 11) is 0. The Morgan fingerprint density at radius 2 is 1.74 bits per heavy atom. The first-order chi connectivity index (χ1) is 8.78. The zero-order valence-corrected chi connectivity index (χ0v) is 14.3. The quantitative estimate of drug-likeness (QED) is 0.837. The predicted octanol–water partition coefficient (Wildman–Crippen LogP) is 4.38. The highest BCUT2D eigenvalue weighted by atomic mass is 79.9. The van der Waals surface area contributed by atoms with Crippen molar-refractivity contribution in [2.75, 3.05) is 6.54 Å². The highest BCUT2D eigenvalue weighted by Crippen LogP contribution is 2.14. The standard InChI is InChI=1S/C16H26BrNO/c1-12(2)15(10-18-16(3,4)5)19-11-13-6-8-14(17)9-7-13/h6-9,12,15,18H,10-11H2,1-5H3. The van der Waals surface area contributed by atoms with Crippen LogP contribution in [-0.2, 0) is 11.3 Å². The lowest BCUT2D eigenvalue weighted by atomic mass is 10.0. The van der Waals surface area contributed by atoms with Gasteiger partial charge in [0.1, 0.15) is 0 Å². The van der Waals surface area contributed by atoms with Gasteiger partial charge >= 0.3 is 0 Å². The average molecular weight is 328 g/mol. The fourth-order valence-electron chi connectivity index (χ4n) is 1.68. The molecule has 1 N–H and O–H groups in total. The molecule has 2 nitrogen and oxygen atoms in total. The Morgan fingerprint density at radius 1 is 1.16 bits per heavy atom. The second kappa shape index (κ2) is 7.41. The minimum absolute atomic E-state index is 0.133. The topological polar surface area (TPSA) is 21.3 Å². The number of ether oxygens (including phenoxy) is 1. The van der Waals surface area contributed by atoms with Crippen molar-refractivity contribution in [3.05, 3.63) is 34.3 Å². The van der Waals surface area contributed by atoms with Gasteiger partial charge in [-0.25, -0.2) is 0 Å². The molecule has 1 rings (SSSR count). The smallest absolute Gasteiger partial charge is 0.0727 e. The molecule has 0 spiro atoms. The molecule has 19 heavy (non-hydrogen) atoms. The summed E-state index contributed by atoms with van der Waals surface area (Å²) in [5.41, 5.74) is 1.35. The molecule has 0 radical (unpaired) electrons. The van der Waals surface area contributed by atoms with Crippen LogP contribution in [0.25, 0.3) is 0 Å². The molecule has 0 bridgehead atoms. The molecule has 1 aromatic rings. The third-order valence-corrected chi connectivity index (χ3v) is 3.48. The number of hydrogen-bond acceptors (Lipinski definition) is 2. The van der Waals surface area contributed by atoms with Crippen LogP contribution in [0.15, 0.2) is 28.7 Å². The van der Waals surface area contributed by atoms with Gasteiger partial charge in [-0.1, -0.05) is 41.9 Å². The second-order valence-electron chi connectivity index (χ2n) is 6.35. The van der Waals surface area contributed by atoms with Crippen LogP contribution >= 0.6 is 15.9 Å². The molecular formula is C16H26BrNO. The molecule has 3 heteroatoms. The highest BCUT2D eigenvalue weighted by molar-refractivity contribution is 9.10. The van der Waals surface area contributed by atoms with Crippen LogP contribution in [-0.4, -0.2) is 18.2 Å². The van der Waals surface area contributed by atoms with Crippen molar-refractivity contribution in [3.8, 4) is 0 Å². The van der Waals surface area contributed by atoms with E-state index in [2.05, 4.69) is 80.1 Å². The Balaban J connectivity index is 2.47. The van der Waals surface area contributed by atoms with E-state index < -0.39 is 0 Å². The van der Waals surface area contributed by atoms with Gasteiger partial charge in [0.2, 0.25) is 0 Å². The molecule has 0 saturated carbocycles. The number of benzene rings is 1. The lowest BCUT2D eigenvalue weighted by Gasteiger charge is -2.27. The summed E-state index contributed by atoms with van der Waals surface area (Å²) >= 11 is 3.44. The molecule has 0 heterocycles. The van der Waals surface area contributed by atoms with Gasteiger partial charge in [0.25, 0.3) is 0 Å². The zero-order valence-electron chi connectivity index (χ0n) is 12.7. The van der Waals surface area contributed by atoms with E-state index in [1.54, 1.807) is 0 Å². The number of halogens is 1. The first kappa shape index (κ1) is 16.7. The van der Waals surface area contributed by atoms with Crippen molar-refractivity contribution in [2.24, 2.45) is 5.92 Å². The first-order valence-electron chi connectivity index (χ1n) is 6.89. The number of rotatable bonds is 6. The fourth-order valence-corrected chi connectivity index (χ4v) is 1.94. The van der Waals surface area contributed by atoms with Gasteiger partial charge < -0.3 is 10.1 Å². The SMILES string of the molecule is CC(C)C(CNC(C)(C)C)OCc1ccc(Br)cc1. The number of nitrogens with one attached hydrogen (secondary N) is 1. The van der Waals surface area contributed by atoms with Crippen molar-refractivity contribution in [3.63, 3.8) is 0 Å². The van der Waals surface area contributed by atoms with E-state index in [0.29, 0.717) is 12.5 Å². The molecule has 0 aliphatic rings. The van der Waals surface area contributed by atoms with E-state index in [1.807, 2.05) is 0 Å². The minimum atomic E-state index is 0.133. The Kier molecular flexibility index (Phi) is 6.51. The van der Waals surface area contributed by atoms with Crippen LogP contribution in [0.5, 0.6) is 0 Å². The van der Waals surface area contributed by atoms with Crippen LogP contribution in [0.1, 0.15) is 40.2 Å². The molecule has 1 unspecified atom stereocenters. The summed E-state index contributed by atoms with van der Waals surface area (Å²) in [5, 5.41) is 3.52. The molecule has 0 aromatic heterocycles. The lowest BCUT2D eigenvalue weighted by molar-refractivity contribution is 0.00787. The second-order valence-corrected chi connectivity index (χ2v) is 7.27. The van der Waals surface area contributed by atoms with Crippen molar-refractivity contribution in [2.45, 2.75) is 52.9 Å². The Bertz CT molecular complexity index is 367. The van der Waals surface area contributed by atoms with Gasteiger partial charge in [0.05, 0.1) is 12.7 Å². The lowest BCUT2D eigenvalue weighted by Crippen LogP contribution is -2.43. The Morgan fingerprint density at radius 3 is 2.21 bits per heavy atom. The average Bonchev–Trinajstić information content (AvgIpc) is 2.29. The summed E-state index contributed by atoms with van der Waals surface area (Å²) in [6, 6.07) is 8.30. The zero-order chi connectivity index (χ0) is 14.5. The first-order valence-corrected chi connectivity index (χ1v) is 7.68. The molecule has 108 valence electrons. The summed E-state index contributed by atoms with van der Waals surface area (Å²) in [4.78, 5) is 0. The van der Waals surface area contributed by atoms with Crippen molar-refractivity contribution in [1.82, 2.24) is 5.32 Å². The maximum absolute atomic E-state index is 6.05. The molecule has 0 amide bonds. The van der Waals surface area contributed by atoms with Crippen LogP contribution in [0, 0.1) is 5.92 Å². The van der Waals surface area contributed by atoms with E-state index in [1.165, 1.54) is 5.56 Å². The predicted molar refractivity (Wildman–Crippen MR) is 85.3 cm³/mol. The largest absolute Gasteiger partial charge is 0.372 e. The molecule has 1 aromatic carbocycles. The van der Waals surface area contributed by atoms with Gasteiger partial charge in [-0.05, 0) is 44.4 Å². The highest BCUT2D eigenvalue weighted by Gasteiger charge is 2.17. The van der Waals surface area contributed by atoms with Crippen LogP contribution in [0.2, 0.25) is 0 Å². The maximum Gasteiger partial charge on any atom is 0.0727 e. The van der Waals surface area contributed by atoms with Crippen LogP contribution in [0.3, 0.4) is 0 Å². The Hall–Kier alpha value is -0.380. The maximum atomic E-state index is 6.05. The van der Waals surface area contributed by atoms with Crippen molar-refractivity contribution < 1.29 is 4.74 Å². The molecule has 0 fully saturated rings. The van der Waals surface area contributed by atoms with E-state index in [9.17, 15) is 0 Å². The van der Waals surface area contributed by atoms with Crippen LogP contribution in [0.4, 0.5) is 0 Å². The van der Waals surface area contributed by atoms with Gasteiger partial charge in [0, 0.05) is 16.6 Å². The van der Waals surface area contributed by atoms with Gasteiger partial charge in [-0.15, -0.1) is 0 Å². The summed E-state index contributed by atoms with van der Waals surface area (Å²) in [6.07, 6.45) is 0.239. The van der Waals surface area contributed by atoms with E-state index in [-0.39, 0.29) is 11.6 Å². The molecule has 0 saturated heterocycles. The van der Waals surface area contributed by atoms with E-state index in [4.69, 9.17) is 4.74 Å². The van der Waals surface area contributed by atoms with Crippen molar-refractivity contribution in [1.29, 1.82) is 0 Å². The summed E-state index contributed by atoms with van der Waals surface area (Å²) in [5.74, 6) is 0.505. The van der Waals surface area contributed by atoms with Gasteiger partial charge in [0.15, 0.2) is 0 Å². The molecule has 1 atom stereocenters. The molecule has 0 aliphatic heterocycles. The monoisotopic (exact) mass is 327 g/mol. The molecular weight excluding hydrogens is 302 g/mol. The summed E-state index contributed by atoms with van der Waals surface area (Å²) in [6.45, 7) is 12.5. The normalized spacial score (nSPS) is 13.8. The third kappa shape index (κ3) is 7.09. The van der Waals surface area contributed by atoms with Gasteiger partial charge in [-0.3, -0.25) is 0 Å². The minimum Gasteiger partial charge on any atom is -0.372 e. The molecule has 0 aliphatic carbocycles. The number of hydrogen-bond donors (Lipinski definition) is 1. The Labute approximate surface area is 126 Å². The van der Waals surface area contributed by atoms with E-state index >= 15 is 0 Å². The van der Waals surface area contributed by atoms with Crippen molar-refractivity contribution >= 4 is 15.9 Å². The van der Waals surface area contributed by atoms with E-state index in [0.717, 1.165) is 11.0 Å². The summed E-state index contributed by atoms with van der Waals surface area (Å²) < 4.78 is 7.15. The van der Waals surface area contributed by atoms with Crippen LogP contribution < -0.4 is 5.32 Å². The third-order valence-electron chi connectivity index (χ3n) is 2.95. The van der Waals surface area contributed by atoms with Gasteiger partial charge in [-0.2, -0.15) is 0 Å².